The van der Waals surface area contributed by atoms with Crippen molar-refractivity contribution in [3.8, 4) is 0 Å². The molecule has 1 saturated carbocycles. The highest BCUT2D eigenvalue weighted by molar-refractivity contribution is 5.25. The molecule has 64 valence electrons. The molecule has 1 aromatic heterocycles. The summed E-state index contributed by atoms with van der Waals surface area (Å²) in [6.07, 6.45) is 3.82. The quantitative estimate of drug-likeness (QED) is 0.650. The maximum atomic E-state index is 4.54. The minimum atomic E-state index is 0.787. The molecule has 0 unspecified atom stereocenters. The molecule has 2 rings (SSSR count). The predicted octanol–water partition coefficient (Wildman–Crippen LogP) is 2.83. The molecule has 0 atom stereocenters. The minimum absolute atomic E-state index is 0.787. The van der Waals surface area contributed by atoms with E-state index in [-0.39, 0.29) is 0 Å². The van der Waals surface area contributed by atoms with E-state index < -0.39 is 0 Å². The van der Waals surface area contributed by atoms with Gasteiger partial charge in [-0.15, -0.1) is 0 Å². The summed E-state index contributed by atoms with van der Waals surface area (Å²) < 4.78 is 0. The third-order valence-electron chi connectivity index (χ3n) is 2.44. The molecule has 1 fully saturated rings. The average molecular weight is 161 g/mol. The first-order chi connectivity index (χ1) is 5.79. The van der Waals surface area contributed by atoms with E-state index in [0.717, 1.165) is 12.3 Å². The summed E-state index contributed by atoms with van der Waals surface area (Å²) in [4.78, 5) is 4.54. The number of aromatic nitrogens is 1. The van der Waals surface area contributed by atoms with Gasteiger partial charge in [0.1, 0.15) is 0 Å². The lowest BCUT2D eigenvalue weighted by Crippen LogP contribution is -1.92. The third-order valence-corrected chi connectivity index (χ3v) is 2.44. The Balaban J connectivity index is 2.34. The second-order valence-electron chi connectivity index (χ2n) is 3.67. The molecule has 1 nitrogen and oxygen atoms in total. The molecule has 0 aliphatic heterocycles. The number of aryl methyl sites for hydroxylation is 2. The molecule has 1 heterocycles. The molecular formula is C11H15N. The van der Waals surface area contributed by atoms with Crippen LogP contribution in [-0.2, 0) is 6.42 Å². The normalized spacial score (nSPS) is 16.5. The van der Waals surface area contributed by atoms with Crippen molar-refractivity contribution < 1.29 is 0 Å². The van der Waals surface area contributed by atoms with Crippen LogP contribution >= 0.6 is 0 Å². The van der Waals surface area contributed by atoms with Crippen molar-refractivity contribution >= 4 is 0 Å². The van der Waals surface area contributed by atoms with Crippen LogP contribution in [0.2, 0.25) is 0 Å². The highest BCUT2D eigenvalue weighted by Crippen LogP contribution is 2.39. The maximum absolute atomic E-state index is 4.54. The summed E-state index contributed by atoms with van der Waals surface area (Å²) in [6, 6.07) is 4.45. The Morgan fingerprint density at radius 1 is 1.42 bits per heavy atom. The molecule has 0 bridgehead atoms. The van der Waals surface area contributed by atoms with E-state index in [1.54, 1.807) is 0 Å². The molecule has 0 N–H and O–H groups in total. The van der Waals surface area contributed by atoms with Gasteiger partial charge in [-0.25, -0.2) is 0 Å². The fraction of sp³-hybridized carbons (Fsp3) is 0.545. The van der Waals surface area contributed by atoms with E-state index in [2.05, 4.69) is 31.0 Å². The fourth-order valence-electron chi connectivity index (χ4n) is 1.56. The zero-order valence-electron chi connectivity index (χ0n) is 7.80. The largest absolute Gasteiger partial charge is 0.258 e. The Morgan fingerprint density at radius 3 is 2.75 bits per heavy atom. The molecule has 0 amide bonds. The molecule has 0 radical (unpaired) electrons. The summed E-state index contributed by atoms with van der Waals surface area (Å²) in [6.45, 7) is 4.29. The lowest BCUT2D eigenvalue weighted by molar-refractivity contribution is 0.968. The van der Waals surface area contributed by atoms with Crippen LogP contribution in [0.15, 0.2) is 12.1 Å². The van der Waals surface area contributed by atoms with Gasteiger partial charge >= 0.3 is 0 Å². The highest BCUT2D eigenvalue weighted by Gasteiger charge is 2.25. The van der Waals surface area contributed by atoms with Crippen LogP contribution in [0.5, 0.6) is 0 Å². The lowest BCUT2D eigenvalue weighted by atomic mass is 10.1. The molecule has 1 aliphatic carbocycles. The van der Waals surface area contributed by atoms with E-state index in [0.29, 0.717) is 0 Å². The van der Waals surface area contributed by atoms with Crippen molar-refractivity contribution in [3.05, 3.63) is 29.1 Å². The molecule has 0 aromatic carbocycles. The van der Waals surface area contributed by atoms with Gasteiger partial charge < -0.3 is 0 Å². The number of hydrogen-bond acceptors (Lipinski definition) is 1. The maximum Gasteiger partial charge on any atom is 0.0440 e. The van der Waals surface area contributed by atoms with Crippen LogP contribution in [0.25, 0.3) is 0 Å². The van der Waals surface area contributed by atoms with Crippen LogP contribution in [0, 0.1) is 6.92 Å². The van der Waals surface area contributed by atoms with Crippen molar-refractivity contribution in [1.82, 2.24) is 4.98 Å². The summed E-state index contributed by atoms with van der Waals surface area (Å²) in [5.74, 6) is 0.787. The van der Waals surface area contributed by atoms with Crippen LogP contribution in [0.4, 0.5) is 0 Å². The van der Waals surface area contributed by atoms with Crippen molar-refractivity contribution in [2.75, 3.05) is 0 Å². The smallest absolute Gasteiger partial charge is 0.0440 e. The number of rotatable bonds is 2. The molecule has 12 heavy (non-hydrogen) atoms. The van der Waals surface area contributed by atoms with Crippen LogP contribution in [0.3, 0.4) is 0 Å². The molecule has 0 spiro atoms. The van der Waals surface area contributed by atoms with Crippen LogP contribution < -0.4 is 0 Å². The predicted molar refractivity (Wildman–Crippen MR) is 50.3 cm³/mol. The molecular weight excluding hydrogens is 146 g/mol. The van der Waals surface area contributed by atoms with E-state index in [1.807, 2.05) is 0 Å². The summed E-state index contributed by atoms with van der Waals surface area (Å²) >= 11 is 0. The van der Waals surface area contributed by atoms with Crippen LogP contribution in [0.1, 0.15) is 42.6 Å². The Labute approximate surface area is 73.8 Å². The number of hydrogen-bond donors (Lipinski definition) is 0. The first kappa shape index (κ1) is 7.78. The van der Waals surface area contributed by atoms with E-state index in [4.69, 9.17) is 0 Å². The Hall–Kier alpha value is -0.850. The van der Waals surface area contributed by atoms with Crippen LogP contribution in [-0.4, -0.2) is 4.98 Å². The van der Waals surface area contributed by atoms with Crippen molar-refractivity contribution in [2.45, 2.75) is 39.0 Å². The second-order valence-corrected chi connectivity index (χ2v) is 3.67. The minimum Gasteiger partial charge on any atom is -0.258 e. The van der Waals surface area contributed by atoms with Gasteiger partial charge in [-0.3, -0.25) is 4.98 Å². The zero-order valence-corrected chi connectivity index (χ0v) is 7.80. The SMILES string of the molecule is CCc1cc(C)nc(C2CC2)c1. The number of nitrogens with zero attached hydrogens (tertiary/aromatic N) is 1. The Bertz CT molecular complexity index is 287. The summed E-state index contributed by atoms with van der Waals surface area (Å²) in [5, 5.41) is 0. The van der Waals surface area contributed by atoms with Gasteiger partial charge in [-0.1, -0.05) is 6.92 Å². The fourth-order valence-corrected chi connectivity index (χ4v) is 1.56. The number of pyridine rings is 1. The van der Waals surface area contributed by atoms with E-state index in [1.165, 1.54) is 29.8 Å². The third kappa shape index (κ3) is 1.50. The highest BCUT2D eigenvalue weighted by atomic mass is 14.7. The lowest BCUT2D eigenvalue weighted by Gasteiger charge is -2.03. The molecule has 0 saturated heterocycles. The zero-order chi connectivity index (χ0) is 8.55. The van der Waals surface area contributed by atoms with Gasteiger partial charge in [0.05, 0.1) is 0 Å². The van der Waals surface area contributed by atoms with Crippen molar-refractivity contribution in [2.24, 2.45) is 0 Å². The monoisotopic (exact) mass is 161 g/mol. The summed E-state index contributed by atoms with van der Waals surface area (Å²) in [5.41, 5.74) is 3.94. The van der Waals surface area contributed by atoms with Gasteiger partial charge in [0.2, 0.25) is 0 Å². The Morgan fingerprint density at radius 2 is 2.17 bits per heavy atom. The van der Waals surface area contributed by atoms with Gasteiger partial charge in [-0.05, 0) is 43.9 Å². The van der Waals surface area contributed by atoms with E-state index >= 15 is 0 Å². The van der Waals surface area contributed by atoms with Crippen molar-refractivity contribution in [3.63, 3.8) is 0 Å². The van der Waals surface area contributed by atoms with Gasteiger partial charge in [0.15, 0.2) is 0 Å². The molecule has 1 aliphatic rings. The van der Waals surface area contributed by atoms with Gasteiger partial charge in [-0.2, -0.15) is 0 Å². The Kier molecular flexibility index (Phi) is 1.87. The van der Waals surface area contributed by atoms with Gasteiger partial charge in [0.25, 0.3) is 0 Å². The van der Waals surface area contributed by atoms with E-state index in [9.17, 15) is 0 Å². The molecule has 1 aromatic rings. The first-order valence-corrected chi connectivity index (χ1v) is 4.77. The second kappa shape index (κ2) is 2.89. The molecule has 1 heteroatoms. The van der Waals surface area contributed by atoms with Crippen molar-refractivity contribution in [1.29, 1.82) is 0 Å². The standard InChI is InChI=1S/C11H15N/c1-3-9-6-8(2)12-11(7-9)10-4-5-10/h6-7,10H,3-5H2,1-2H3. The topological polar surface area (TPSA) is 12.9 Å². The average Bonchev–Trinajstić information content (AvgIpc) is 2.85. The van der Waals surface area contributed by atoms with Gasteiger partial charge in [0, 0.05) is 17.3 Å². The summed E-state index contributed by atoms with van der Waals surface area (Å²) in [7, 11) is 0. The first-order valence-electron chi connectivity index (χ1n) is 4.77.